The van der Waals surface area contributed by atoms with E-state index in [1.807, 2.05) is 38.1 Å². The van der Waals surface area contributed by atoms with E-state index in [-0.39, 0.29) is 18.9 Å². The zero-order valence-electron chi connectivity index (χ0n) is 13.4. The molecule has 0 heterocycles. The lowest BCUT2D eigenvalue weighted by Crippen LogP contribution is -2.40. The van der Waals surface area contributed by atoms with Gasteiger partial charge in [-0.15, -0.1) is 0 Å². The Hall–Kier alpha value is -2.57. The van der Waals surface area contributed by atoms with Crippen LogP contribution in [-0.4, -0.2) is 41.0 Å². The molecule has 4 N–H and O–H groups in total. The smallest absolute Gasteiger partial charge is 0.323 e. The van der Waals surface area contributed by atoms with Gasteiger partial charge in [-0.1, -0.05) is 31.2 Å². The Balaban J connectivity index is 2.95. The molecule has 126 valence electrons. The summed E-state index contributed by atoms with van der Waals surface area (Å²) < 4.78 is 0. The van der Waals surface area contributed by atoms with E-state index >= 15 is 0 Å². The van der Waals surface area contributed by atoms with E-state index in [0.717, 1.165) is 11.1 Å². The molecule has 0 bridgehead atoms. The zero-order valence-corrected chi connectivity index (χ0v) is 13.4. The number of urea groups is 1. The SMILES string of the molecule is CCCN(CC(=O)O)C(=O)CC(NC(N)=O)c1ccccc1C. The molecule has 1 atom stereocenters. The third-order valence-electron chi connectivity index (χ3n) is 3.43. The van der Waals surface area contributed by atoms with Crippen LogP contribution in [0.15, 0.2) is 24.3 Å². The van der Waals surface area contributed by atoms with E-state index in [9.17, 15) is 14.4 Å². The van der Waals surface area contributed by atoms with Crippen LogP contribution in [0.4, 0.5) is 4.79 Å². The Morgan fingerprint density at radius 1 is 1.30 bits per heavy atom. The summed E-state index contributed by atoms with van der Waals surface area (Å²) in [6, 6.07) is 6.03. The van der Waals surface area contributed by atoms with Gasteiger partial charge in [-0.05, 0) is 24.5 Å². The van der Waals surface area contributed by atoms with Crippen LogP contribution in [0.1, 0.15) is 36.9 Å². The van der Waals surface area contributed by atoms with Gasteiger partial charge in [0.25, 0.3) is 0 Å². The van der Waals surface area contributed by atoms with Gasteiger partial charge in [0.15, 0.2) is 0 Å². The number of carbonyl (C=O) groups excluding carboxylic acids is 2. The van der Waals surface area contributed by atoms with Crippen molar-refractivity contribution in [2.24, 2.45) is 5.73 Å². The summed E-state index contributed by atoms with van der Waals surface area (Å²) in [6.07, 6.45) is 0.609. The molecule has 0 saturated carbocycles. The fourth-order valence-corrected chi connectivity index (χ4v) is 2.42. The first-order valence-electron chi connectivity index (χ1n) is 7.46. The highest BCUT2D eigenvalue weighted by atomic mass is 16.4. The molecule has 23 heavy (non-hydrogen) atoms. The Kier molecular flexibility index (Phi) is 7.05. The number of primary amides is 1. The molecule has 0 aliphatic carbocycles. The minimum absolute atomic E-state index is 0.0406. The van der Waals surface area contributed by atoms with Crippen molar-refractivity contribution >= 4 is 17.9 Å². The molecule has 0 spiro atoms. The van der Waals surface area contributed by atoms with Crippen LogP contribution in [-0.2, 0) is 9.59 Å². The van der Waals surface area contributed by atoms with Gasteiger partial charge in [0.2, 0.25) is 5.91 Å². The number of nitrogens with zero attached hydrogens (tertiary/aromatic N) is 1. The molecule has 0 aromatic heterocycles. The highest BCUT2D eigenvalue weighted by molar-refractivity contribution is 5.82. The van der Waals surface area contributed by atoms with Crippen molar-refractivity contribution in [2.75, 3.05) is 13.1 Å². The molecule has 0 aliphatic heterocycles. The highest BCUT2D eigenvalue weighted by Gasteiger charge is 2.23. The number of carboxylic acids is 1. The molecule has 0 radical (unpaired) electrons. The minimum Gasteiger partial charge on any atom is -0.480 e. The predicted octanol–water partition coefficient (Wildman–Crippen LogP) is 1.42. The molecule has 7 heteroatoms. The fraction of sp³-hybridized carbons (Fsp3) is 0.438. The molecular weight excluding hydrogens is 298 g/mol. The van der Waals surface area contributed by atoms with Gasteiger partial charge in [-0.3, -0.25) is 9.59 Å². The number of carboxylic acid groups (broad SMARTS) is 1. The van der Waals surface area contributed by atoms with Crippen LogP contribution in [0.2, 0.25) is 0 Å². The Labute approximate surface area is 135 Å². The molecule has 0 saturated heterocycles. The van der Waals surface area contributed by atoms with Crippen molar-refractivity contribution in [3.05, 3.63) is 35.4 Å². The normalized spacial score (nSPS) is 11.6. The van der Waals surface area contributed by atoms with Gasteiger partial charge in [-0.2, -0.15) is 0 Å². The number of rotatable bonds is 8. The molecule has 0 fully saturated rings. The number of aryl methyl sites for hydroxylation is 1. The first kappa shape index (κ1) is 18.5. The molecule has 1 aromatic carbocycles. The summed E-state index contributed by atoms with van der Waals surface area (Å²) in [5.74, 6) is -1.40. The second-order valence-corrected chi connectivity index (χ2v) is 5.33. The summed E-state index contributed by atoms with van der Waals surface area (Å²) in [4.78, 5) is 35.8. The lowest BCUT2D eigenvalue weighted by Gasteiger charge is -2.25. The van der Waals surface area contributed by atoms with Crippen LogP contribution < -0.4 is 11.1 Å². The Morgan fingerprint density at radius 2 is 1.96 bits per heavy atom. The third kappa shape index (κ3) is 5.98. The lowest BCUT2D eigenvalue weighted by molar-refractivity contribution is -0.144. The number of carbonyl (C=O) groups is 3. The molecule has 0 aliphatic rings. The van der Waals surface area contributed by atoms with Crippen molar-refractivity contribution in [2.45, 2.75) is 32.7 Å². The molecule has 1 aromatic rings. The molecule has 1 rings (SSSR count). The largest absolute Gasteiger partial charge is 0.480 e. The average molecular weight is 321 g/mol. The summed E-state index contributed by atoms with van der Waals surface area (Å²) >= 11 is 0. The van der Waals surface area contributed by atoms with E-state index < -0.39 is 18.0 Å². The average Bonchev–Trinajstić information content (AvgIpc) is 2.45. The van der Waals surface area contributed by atoms with E-state index in [4.69, 9.17) is 10.8 Å². The van der Waals surface area contributed by atoms with Gasteiger partial charge in [0.1, 0.15) is 6.54 Å². The topological polar surface area (TPSA) is 113 Å². The number of hydrogen-bond acceptors (Lipinski definition) is 3. The maximum absolute atomic E-state index is 12.4. The zero-order chi connectivity index (χ0) is 17.4. The van der Waals surface area contributed by atoms with Crippen molar-refractivity contribution in [3.8, 4) is 0 Å². The maximum Gasteiger partial charge on any atom is 0.323 e. The Morgan fingerprint density at radius 3 is 2.48 bits per heavy atom. The number of hydrogen-bond donors (Lipinski definition) is 3. The monoisotopic (exact) mass is 321 g/mol. The molecule has 7 nitrogen and oxygen atoms in total. The second kappa shape index (κ2) is 8.77. The van der Waals surface area contributed by atoms with Crippen LogP contribution >= 0.6 is 0 Å². The van der Waals surface area contributed by atoms with Gasteiger partial charge in [-0.25, -0.2) is 4.79 Å². The molecular formula is C16H23N3O4. The van der Waals surface area contributed by atoms with E-state index in [1.165, 1.54) is 4.90 Å². The number of benzene rings is 1. The second-order valence-electron chi connectivity index (χ2n) is 5.33. The van der Waals surface area contributed by atoms with Crippen LogP contribution in [0.5, 0.6) is 0 Å². The van der Waals surface area contributed by atoms with E-state index in [1.54, 1.807) is 0 Å². The summed E-state index contributed by atoms with van der Waals surface area (Å²) in [6.45, 7) is 3.73. The highest BCUT2D eigenvalue weighted by Crippen LogP contribution is 2.21. The summed E-state index contributed by atoms with van der Waals surface area (Å²) in [5, 5.41) is 11.5. The number of amides is 3. The maximum atomic E-state index is 12.4. The molecule has 3 amide bonds. The number of aliphatic carboxylic acids is 1. The first-order chi connectivity index (χ1) is 10.8. The lowest BCUT2D eigenvalue weighted by atomic mass is 9.98. The number of nitrogens with two attached hydrogens (primary N) is 1. The first-order valence-corrected chi connectivity index (χ1v) is 7.46. The number of nitrogens with one attached hydrogen (secondary N) is 1. The minimum atomic E-state index is -1.07. The Bertz CT molecular complexity index is 574. The quantitative estimate of drug-likeness (QED) is 0.672. The van der Waals surface area contributed by atoms with Crippen molar-refractivity contribution in [3.63, 3.8) is 0 Å². The van der Waals surface area contributed by atoms with Gasteiger partial charge >= 0.3 is 12.0 Å². The summed E-state index contributed by atoms with van der Waals surface area (Å²) in [7, 11) is 0. The third-order valence-corrected chi connectivity index (χ3v) is 3.43. The van der Waals surface area contributed by atoms with Gasteiger partial charge in [0, 0.05) is 6.54 Å². The van der Waals surface area contributed by atoms with Crippen molar-refractivity contribution in [1.29, 1.82) is 0 Å². The molecule has 1 unspecified atom stereocenters. The summed E-state index contributed by atoms with van der Waals surface area (Å²) in [5.41, 5.74) is 6.90. The van der Waals surface area contributed by atoms with Gasteiger partial charge < -0.3 is 21.1 Å². The van der Waals surface area contributed by atoms with Crippen LogP contribution in [0, 0.1) is 6.92 Å². The van der Waals surface area contributed by atoms with E-state index in [0.29, 0.717) is 13.0 Å². The van der Waals surface area contributed by atoms with Crippen molar-refractivity contribution < 1.29 is 19.5 Å². The van der Waals surface area contributed by atoms with E-state index in [2.05, 4.69) is 5.32 Å². The van der Waals surface area contributed by atoms with Gasteiger partial charge in [0.05, 0.1) is 12.5 Å². The van der Waals surface area contributed by atoms with Crippen LogP contribution in [0.25, 0.3) is 0 Å². The fourth-order valence-electron chi connectivity index (χ4n) is 2.42. The van der Waals surface area contributed by atoms with Crippen LogP contribution in [0.3, 0.4) is 0 Å². The predicted molar refractivity (Wildman–Crippen MR) is 85.8 cm³/mol. The standard InChI is InChI=1S/C16H23N3O4/c1-3-8-19(10-15(21)22)14(20)9-13(18-16(17)23)12-7-5-4-6-11(12)2/h4-7,13H,3,8-10H2,1-2H3,(H,21,22)(H3,17,18,23). The van der Waals surface area contributed by atoms with Crippen molar-refractivity contribution in [1.82, 2.24) is 10.2 Å².